The van der Waals surface area contributed by atoms with Crippen LogP contribution in [0.5, 0.6) is 17.2 Å². The number of carbonyl (C=O) groups is 1. The maximum absolute atomic E-state index is 13.8. The summed E-state index contributed by atoms with van der Waals surface area (Å²) in [6, 6.07) is 13.7. The van der Waals surface area contributed by atoms with Crippen molar-refractivity contribution in [1.29, 1.82) is 0 Å². The van der Waals surface area contributed by atoms with Gasteiger partial charge in [-0.3, -0.25) is 4.79 Å². The van der Waals surface area contributed by atoms with E-state index >= 15 is 0 Å². The van der Waals surface area contributed by atoms with Crippen molar-refractivity contribution in [1.82, 2.24) is 0 Å². The number of benzene rings is 3. The second-order valence-corrected chi connectivity index (χ2v) is 9.46. The third-order valence-electron chi connectivity index (χ3n) is 5.03. The number of amides is 1. The van der Waals surface area contributed by atoms with Gasteiger partial charge in [-0.15, -0.1) is 0 Å². The molecule has 1 amide bonds. The van der Waals surface area contributed by atoms with E-state index in [1.807, 2.05) is 13.0 Å². The van der Waals surface area contributed by atoms with E-state index in [0.717, 1.165) is 9.87 Å². The first-order valence-corrected chi connectivity index (χ1v) is 11.7. The van der Waals surface area contributed by atoms with Gasteiger partial charge in [0.25, 0.3) is 15.9 Å². The summed E-state index contributed by atoms with van der Waals surface area (Å²) >= 11 is 5.94. The second kappa shape index (κ2) is 9.72. The molecule has 33 heavy (non-hydrogen) atoms. The van der Waals surface area contributed by atoms with Crippen LogP contribution in [0.15, 0.2) is 59.5 Å². The summed E-state index contributed by atoms with van der Waals surface area (Å²) in [5.41, 5.74) is 1.69. The molecule has 0 aliphatic heterocycles. The van der Waals surface area contributed by atoms with Gasteiger partial charge in [0.05, 0.1) is 31.9 Å². The lowest BCUT2D eigenvalue weighted by atomic mass is 10.1. The fourth-order valence-electron chi connectivity index (χ4n) is 3.32. The lowest BCUT2D eigenvalue weighted by molar-refractivity contribution is 0.100. The zero-order chi connectivity index (χ0) is 24.3. The average molecular weight is 490 g/mol. The highest BCUT2D eigenvalue weighted by molar-refractivity contribution is 7.93. The average Bonchev–Trinajstić information content (AvgIpc) is 2.80. The quantitative estimate of drug-likeness (QED) is 0.463. The van der Waals surface area contributed by atoms with E-state index in [2.05, 4.69) is 0 Å². The standard InChI is InChI=1S/C24H24ClNO6S/c1-15-6-7-16(2)20(12-15)26(33(28,29)19-10-8-18(25)9-11-19)24(27)17-13-21(30-3)23(32-5)22(14-17)31-4/h6-14H,1-5H3. The number of halogens is 1. The largest absolute Gasteiger partial charge is 0.493 e. The monoisotopic (exact) mass is 489 g/mol. The van der Waals surface area contributed by atoms with Gasteiger partial charge in [-0.2, -0.15) is 4.31 Å². The van der Waals surface area contributed by atoms with Crippen LogP contribution in [0.25, 0.3) is 0 Å². The zero-order valence-electron chi connectivity index (χ0n) is 18.9. The number of carbonyl (C=O) groups excluding carboxylic acids is 1. The predicted octanol–water partition coefficient (Wildman–Crippen LogP) is 5.02. The number of hydrogen-bond acceptors (Lipinski definition) is 6. The summed E-state index contributed by atoms with van der Waals surface area (Å²) in [5.74, 6) is -0.0386. The Bertz CT molecular complexity index is 1260. The van der Waals surface area contributed by atoms with Crippen molar-refractivity contribution < 1.29 is 27.4 Å². The molecule has 3 aromatic carbocycles. The molecular formula is C24H24ClNO6S. The van der Waals surface area contributed by atoms with Crippen molar-refractivity contribution >= 4 is 33.2 Å². The van der Waals surface area contributed by atoms with Crippen LogP contribution in [0, 0.1) is 13.8 Å². The highest BCUT2D eigenvalue weighted by atomic mass is 35.5. The first-order valence-electron chi connectivity index (χ1n) is 9.86. The third-order valence-corrected chi connectivity index (χ3v) is 6.99. The topological polar surface area (TPSA) is 82.1 Å². The summed E-state index contributed by atoms with van der Waals surface area (Å²) in [4.78, 5) is 13.7. The molecule has 0 aromatic heterocycles. The predicted molar refractivity (Wildman–Crippen MR) is 127 cm³/mol. The zero-order valence-corrected chi connectivity index (χ0v) is 20.5. The molecule has 0 N–H and O–H groups in total. The van der Waals surface area contributed by atoms with Crippen LogP contribution in [-0.2, 0) is 10.0 Å². The first-order chi connectivity index (χ1) is 15.6. The van der Waals surface area contributed by atoms with E-state index in [1.54, 1.807) is 19.1 Å². The van der Waals surface area contributed by atoms with Gasteiger partial charge in [-0.25, -0.2) is 8.42 Å². The van der Waals surface area contributed by atoms with Crippen molar-refractivity contribution in [2.24, 2.45) is 0 Å². The van der Waals surface area contributed by atoms with E-state index in [4.69, 9.17) is 25.8 Å². The van der Waals surface area contributed by atoms with E-state index in [-0.39, 0.29) is 33.4 Å². The fourth-order valence-corrected chi connectivity index (χ4v) is 4.92. The van der Waals surface area contributed by atoms with Crippen molar-refractivity contribution in [3.8, 4) is 17.2 Å². The maximum atomic E-state index is 13.8. The molecule has 3 aromatic rings. The maximum Gasteiger partial charge on any atom is 0.272 e. The molecule has 0 bridgehead atoms. The summed E-state index contributed by atoms with van der Waals surface area (Å²) in [6.07, 6.45) is 0. The fraction of sp³-hybridized carbons (Fsp3) is 0.208. The Morgan fingerprint density at radius 2 is 1.42 bits per heavy atom. The number of aryl methyl sites for hydroxylation is 2. The van der Waals surface area contributed by atoms with Crippen molar-refractivity contribution in [3.63, 3.8) is 0 Å². The highest BCUT2D eigenvalue weighted by Gasteiger charge is 2.34. The summed E-state index contributed by atoms with van der Waals surface area (Å²) in [6.45, 7) is 3.56. The molecule has 0 radical (unpaired) electrons. The molecule has 0 heterocycles. The van der Waals surface area contributed by atoms with E-state index in [9.17, 15) is 13.2 Å². The van der Waals surface area contributed by atoms with Gasteiger partial charge in [-0.1, -0.05) is 23.7 Å². The van der Waals surface area contributed by atoms with Crippen LogP contribution in [-0.4, -0.2) is 35.7 Å². The number of anilines is 1. The van der Waals surface area contributed by atoms with Gasteiger partial charge in [0.15, 0.2) is 11.5 Å². The second-order valence-electron chi connectivity index (χ2n) is 7.23. The van der Waals surface area contributed by atoms with Crippen LogP contribution in [0.2, 0.25) is 5.02 Å². The van der Waals surface area contributed by atoms with Crippen molar-refractivity contribution in [2.75, 3.05) is 25.6 Å². The van der Waals surface area contributed by atoms with Crippen LogP contribution < -0.4 is 18.5 Å². The van der Waals surface area contributed by atoms with Crippen molar-refractivity contribution in [2.45, 2.75) is 18.7 Å². The van der Waals surface area contributed by atoms with Gasteiger partial charge in [0.2, 0.25) is 5.75 Å². The molecule has 0 saturated heterocycles. The molecule has 0 aliphatic rings. The molecule has 174 valence electrons. The molecule has 0 spiro atoms. The number of hydrogen-bond donors (Lipinski definition) is 0. The van der Waals surface area contributed by atoms with Gasteiger partial charge in [-0.05, 0) is 67.4 Å². The molecule has 0 fully saturated rings. The lowest BCUT2D eigenvalue weighted by Gasteiger charge is -2.25. The Kier molecular flexibility index (Phi) is 7.19. The minimum Gasteiger partial charge on any atom is -0.493 e. The normalized spacial score (nSPS) is 11.1. The molecular weight excluding hydrogens is 466 g/mol. The molecule has 7 nitrogen and oxygen atoms in total. The number of methoxy groups -OCH3 is 3. The van der Waals surface area contributed by atoms with Gasteiger partial charge in [0, 0.05) is 10.6 Å². The minimum atomic E-state index is -4.30. The number of sulfonamides is 1. The van der Waals surface area contributed by atoms with Gasteiger partial charge >= 0.3 is 0 Å². The van der Waals surface area contributed by atoms with E-state index < -0.39 is 15.9 Å². The van der Waals surface area contributed by atoms with Crippen LogP contribution in [0.3, 0.4) is 0 Å². The Morgan fingerprint density at radius 3 is 1.94 bits per heavy atom. The van der Waals surface area contributed by atoms with Crippen LogP contribution in [0.1, 0.15) is 21.5 Å². The third kappa shape index (κ3) is 4.77. The smallest absolute Gasteiger partial charge is 0.272 e. The Labute approximate surface area is 198 Å². The van der Waals surface area contributed by atoms with Gasteiger partial charge < -0.3 is 14.2 Å². The lowest BCUT2D eigenvalue weighted by Crippen LogP contribution is -2.37. The molecule has 0 saturated carbocycles. The minimum absolute atomic E-state index is 0.0444. The van der Waals surface area contributed by atoms with Crippen molar-refractivity contribution in [3.05, 3.63) is 76.3 Å². The van der Waals surface area contributed by atoms with E-state index in [1.165, 1.54) is 57.7 Å². The summed E-state index contributed by atoms with van der Waals surface area (Å²) < 4.78 is 44.2. The Morgan fingerprint density at radius 1 is 0.848 bits per heavy atom. The number of nitrogens with zero attached hydrogens (tertiary/aromatic N) is 1. The first kappa shape index (κ1) is 24.4. The number of ether oxygens (including phenoxy) is 3. The van der Waals surface area contributed by atoms with Crippen LogP contribution >= 0.6 is 11.6 Å². The SMILES string of the molecule is COc1cc(C(=O)N(c2cc(C)ccc2C)S(=O)(=O)c2ccc(Cl)cc2)cc(OC)c1OC. The van der Waals surface area contributed by atoms with Gasteiger partial charge in [0.1, 0.15) is 0 Å². The molecule has 9 heteroatoms. The summed E-state index contributed by atoms with van der Waals surface area (Å²) in [7, 11) is -0.0300. The molecule has 0 unspecified atom stereocenters. The Hall–Kier alpha value is -3.23. The number of rotatable bonds is 7. The molecule has 0 aliphatic carbocycles. The summed E-state index contributed by atoms with van der Waals surface area (Å²) in [5, 5.41) is 0.378. The van der Waals surface area contributed by atoms with E-state index in [0.29, 0.717) is 10.6 Å². The Balaban J connectivity index is 2.27. The highest BCUT2D eigenvalue weighted by Crippen LogP contribution is 2.39. The van der Waals surface area contributed by atoms with Crippen LogP contribution in [0.4, 0.5) is 5.69 Å². The molecule has 0 atom stereocenters. The molecule has 3 rings (SSSR count).